The van der Waals surface area contributed by atoms with Crippen LogP contribution in [0.15, 0.2) is 42.5 Å². The van der Waals surface area contributed by atoms with E-state index in [2.05, 4.69) is 24.3 Å². The highest BCUT2D eigenvalue weighted by atomic mass is 16.5. The maximum atomic E-state index is 12.6. The van der Waals surface area contributed by atoms with Gasteiger partial charge in [0.1, 0.15) is 5.78 Å². The number of rotatable bonds is 4. The number of aliphatic hydroxyl groups excluding tert-OH is 1. The molecule has 23 heavy (non-hydrogen) atoms. The molecule has 1 aromatic carbocycles. The summed E-state index contributed by atoms with van der Waals surface area (Å²) in [7, 11) is 0. The molecular formula is C20H24O3. The molecule has 122 valence electrons. The van der Waals surface area contributed by atoms with Crippen molar-refractivity contribution in [2.45, 2.75) is 38.4 Å². The number of fused-ring (bicyclic) bond motifs is 1. The molecule has 0 saturated heterocycles. The second-order valence-electron chi connectivity index (χ2n) is 7.25. The molecule has 4 aliphatic carbocycles. The maximum absolute atomic E-state index is 12.6. The van der Waals surface area contributed by atoms with Gasteiger partial charge in [-0.2, -0.15) is 0 Å². The number of benzene rings is 1. The van der Waals surface area contributed by atoms with E-state index in [0.29, 0.717) is 12.5 Å². The number of allylic oxidation sites excluding steroid dienone is 1. The highest BCUT2D eigenvalue weighted by molar-refractivity contribution is 5.88. The van der Waals surface area contributed by atoms with E-state index >= 15 is 0 Å². The molecular weight excluding hydrogens is 288 g/mol. The van der Waals surface area contributed by atoms with Crippen molar-refractivity contribution in [1.29, 1.82) is 0 Å². The van der Waals surface area contributed by atoms with Crippen LogP contribution in [-0.2, 0) is 16.1 Å². The fourth-order valence-corrected chi connectivity index (χ4v) is 5.13. The second-order valence-corrected chi connectivity index (χ2v) is 7.25. The Morgan fingerprint density at radius 2 is 2.04 bits per heavy atom. The fraction of sp³-hybridized carbons (Fsp3) is 0.550. The molecule has 1 spiro atoms. The molecule has 2 unspecified atom stereocenters. The molecule has 0 aromatic heterocycles. The van der Waals surface area contributed by atoms with Gasteiger partial charge in [0.2, 0.25) is 0 Å². The van der Waals surface area contributed by atoms with Crippen LogP contribution in [0, 0.1) is 23.2 Å². The summed E-state index contributed by atoms with van der Waals surface area (Å²) in [5.74, 6) is 0.438. The number of hydrogen-bond donors (Lipinski definition) is 1. The molecule has 2 saturated carbocycles. The minimum Gasteiger partial charge on any atom is -0.396 e. The smallest absolute Gasteiger partial charge is 0.146 e. The van der Waals surface area contributed by atoms with Gasteiger partial charge in [0, 0.05) is 11.3 Å². The van der Waals surface area contributed by atoms with Gasteiger partial charge >= 0.3 is 0 Å². The fourth-order valence-electron chi connectivity index (χ4n) is 5.13. The first kappa shape index (κ1) is 15.1. The van der Waals surface area contributed by atoms with Crippen molar-refractivity contribution in [3.05, 3.63) is 48.0 Å². The summed E-state index contributed by atoms with van der Waals surface area (Å²) in [5.41, 5.74) is 0.875. The minimum atomic E-state index is -0.284. The van der Waals surface area contributed by atoms with Crippen LogP contribution in [0.25, 0.3) is 0 Å². The van der Waals surface area contributed by atoms with Gasteiger partial charge in [0.05, 0.1) is 25.2 Å². The zero-order chi connectivity index (χ0) is 15.9. The summed E-state index contributed by atoms with van der Waals surface area (Å²) in [6, 6.07) is 10.2. The van der Waals surface area contributed by atoms with E-state index in [4.69, 9.17) is 4.74 Å². The maximum Gasteiger partial charge on any atom is 0.146 e. The molecule has 0 aliphatic heterocycles. The van der Waals surface area contributed by atoms with E-state index in [9.17, 15) is 9.90 Å². The average Bonchev–Trinajstić information content (AvgIpc) is 2.60. The normalized spacial score (nSPS) is 38.6. The molecule has 1 N–H and O–H groups in total. The molecule has 3 nitrogen and oxygen atoms in total. The van der Waals surface area contributed by atoms with Gasteiger partial charge in [0.15, 0.2) is 0 Å². The Morgan fingerprint density at radius 3 is 2.83 bits per heavy atom. The SMILES string of the molecule is O=C1C(CO)[C@]23C=C[C@H]1C[C@H]2CCCC3OCc1ccccc1. The Balaban J connectivity index is 1.62. The number of Topliss-reactive ketones (excluding diaryl/α,β-unsaturated/α-hetero) is 1. The number of carbonyl (C=O) groups is 1. The lowest BCUT2D eigenvalue weighted by Gasteiger charge is -2.57. The highest BCUT2D eigenvalue weighted by Crippen LogP contribution is 2.58. The van der Waals surface area contributed by atoms with E-state index in [-0.39, 0.29) is 35.7 Å². The van der Waals surface area contributed by atoms with Gasteiger partial charge in [-0.3, -0.25) is 4.79 Å². The van der Waals surface area contributed by atoms with Crippen molar-refractivity contribution in [3.63, 3.8) is 0 Å². The summed E-state index contributed by atoms with van der Waals surface area (Å²) >= 11 is 0. The quantitative estimate of drug-likeness (QED) is 0.869. The first-order valence-electron chi connectivity index (χ1n) is 8.75. The first-order chi connectivity index (χ1) is 11.3. The number of carbonyl (C=O) groups excluding carboxylic acids is 1. The van der Waals surface area contributed by atoms with Crippen LogP contribution in [0.2, 0.25) is 0 Å². The summed E-state index contributed by atoms with van der Waals surface area (Å²) in [5, 5.41) is 9.91. The number of ether oxygens (including phenoxy) is 1. The second kappa shape index (κ2) is 5.88. The predicted molar refractivity (Wildman–Crippen MR) is 87.6 cm³/mol. The van der Waals surface area contributed by atoms with Crippen molar-refractivity contribution in [2.75, 3.05) is 6.61 Å². The van der Waals surface area contributed by atoms with Crippen molar-refractivity contribution in [1.82, 2.24) is 0 Å². The topological polar surface area (TPSA) is 46.5 Å². The monoisotopic (exact) mass is 312 g/mol. The lowest BCUT2D eigenvalue weighted by molar-refractivity contribution is -0.165. The number of hydrogen-bond acceptors (Lipinski definition) is 3. The Hall–Kier alpha value is -1.45. The molecule has 5 rings (SSSR count). The standard InChI is InChI=1S/C20H24O3/c21-12-17-19(22)15-9-10-20(17)16(11-15)7-4-8-18(20)23-13-14-5-2-1-3-6-14/h1-3,5-6,9-10,15-18,21H,4,7-8,11-13H2/t15-,16+,17?,18?,20-/m0/s1. The summed E-state index contributed by atoms with van der Waals surface area (Å²) in [4.78, 5) is 12.6. The van der Waals surface area contributed by atoms with E-state index in [1.165, 1.54) is 0 Å². The molecule has 2 bridgehead atoms. The van der Waals surface area contributed by atoms with Crippen molar-refractivity contribution in [3.8, 4) is 0 Å². The Morgan fingerprint density at radius 1 is 1.22 bits per heavy atom. The Kier molecular flexibility index (Phi) is 3.86. The molecule has 5 atom stereocenters. The van der Waals surface area contributed by atoms with Crippen LogP contribution in [0.3, 0.4) is 0 Å². The summed E-state index contributed by atoms with van der Waals surface area (Å²) in [6.45, 7) is 0.519. The summed E-state index contributed by atoms with van der Waals surface area (Å²) in [6.07, 6.45) is 8.55. The van der Waals surface area contributed by atoms with Gasteiger partial charge in [-0.05, 0) is 30.7 Å². The van der Waals surface area contributed by atoms with Crippen molar-refractivity contribution >= 4 is 5.78 Å². The van der Waals surface area contributed by atoms with Crippen LogP contribution < -0.4 is 0 Å². The number of aliphatic hydroxyl groups is 1. The van der Waals surface area contributed by atoms with Crippen LogP contribution in [0.1, 0.15) is 31.2 Å². The molecule has 0 radical (unpaired) electrons. The van der Waals surface area contributed by atoms with Crippen molar-refractivity contribution < 1.29 is 14.6 Å². The van der Waals surface area contributed by atoms with Crippen LogP contribution in [0.5, 0.6) is 0 Å². The third-order valence-corrected chi connectivity index (χ3v) is 6.23. The van der Waals surface area contributed by atoms with Crippen LogP contribution >= 0.6 is 0 Å². The largest absolute Gasteiger partial charge is 0.396 e. The molecule has 3 heteroatoms. The van der Waals surface area contributed by atoms with E-state index in [1.807, 2.05) is 18.2 Å². The molecule has 1 aromatic rings. The summed E-state index contributed by atoms with van der Waals surface area (Å²) < 4.78 is 6.32. The lowest BCUT2D eigenvalue weighted by atomic mass is 9.48. The van der Waals surface area contributed by atoms with Gasteiger partial charge in [-0.1, -0.05) is 48.9 Å². The van der Waals surface area contributed by atoms with Gasteiger partial charge in [-0.25, -0.2) is 0 Å². The third kappa shape index (κ3) is 2.29. The minimum absolute atomic E-state index is 0.0203. The van der Waals surface area contributed by atoms with Gasteiger partial charge < -0.3 is 9.84 Å². The third-order valence-electron chi connectivity index (χ3n) is 6.23. The molecule has 0 heterocycles. The number of ketones is 1. The molecule has 4 aliphatic rings. The molecule has 2 fully saturated rings. The highest BCUT2D eigenvalue weighted by Gasteiger charge is 2.60. The average molecular weight is 312 g/mol. The van der Waals surface area contributed by atoms with Crippen LogP contribution in [0.4, 0.5) is 0 Å². The Bertz CT molecular complexity index is 609. The first-order valence-corrected chi connectivity index (χ1v) is 8.75. The van der Waals surface area contributed by atoms with Crippen LogP contribution in [-0.4, -0.2) is 23.6 Å². The van der Waals surface area contributed by atoms with Gasteiger partial charge in [-0.15, -0.1) is 0 Å². The lowest BCUT2D eigenvalue weighted by Crippen LogP contribution is -2.60. The Labute approximate surface area is 137 Å². The van der Waals surface area contributed by atoms with E-state index in [0.717, 1.165) is 31.2 Å². The van der Waals surface area contributed by atoms with E-state index < -0.39 is 0 Å². The van der Waals surface area contributed by atoms with E-state index in [1.54, 1.807) is 0 Å². The zero-order valence-electron chi connectivity index (χ0n) is 13.4. The zero-order valence-corrected chi connectivity index (χ0v) is 13.4. The van der Waals surface area contributed by atoms with Gasteiger partial charge in [0.25, 0.3) is 0 Å². The van der Waals surface area contributed by atoms with Crippen molar-refractivity contribution in [2.24, 2.45) is 23.2 Å². The predicted octanol–water partition coefficient (Wildman–Crippen LogP) is 3.13. The molecule has 0 amide bonds.